The molecule has 0 aliphatic heterocycles. The first-order chi connectivity index (χ1) is 6.86. The second-order valence-electron chi connectivity index (χ2n) is 3.67. The highest BCUT2D eigenvalue weighted by Gasteiger charge is 2.22. The topological polar surface area (TPSA) is 61.0 Å². The monoisotopic (exact) mass is 213 g/mol. The van der Waals surface area contributed by atoms with Crippen molar-refractivity contribution >= 4 is 11.5 Å². The molecule has 1 saturated carbocycles. The van der Waals surface area contributed by atoms with Gasteiger partial charge in [-0.25, -0.2) is 0 Å². The Balaban J connectivity index is 1.94. The molecule has 0 aromatic carbocycles. The van der Waals surface area contributed by atoms with E-state index in [-0.39, 0.29) is 12.1 Å². The fourth-order valence-electron chi connectivity index (χ4n) is 1.79. The Kier molecular flexibility index (Phi) is 3.31. The Bertz CT molecular complexity index is 265. The quantitative estimate of drug-likeness (QED) is 0.758. The zero-order valence-electron chi connectivity index (χ0n) is 8.06. The van der Waals surface area contributed by atoms with Crippen molar-refractivity contribution in [1.29, 1.82) is 0 Å². The van der Waals surface area contributed by atoms with Gasteiger partial charge in [0.2, 0.25) is 0 Å². The predicted molar refractivity (Wildman–Crippen MR) is 55.4 cm³/mol. The Morgan fingerprint density at radius 2 is 2.21 bits per heavy atom. The summed E-state index contributed by atoms with van der Waals surface area (Å²) in [5.74, 6) is 0. The smallest absolute Gasteiger partial charge is 0.293 e. The molecule has 2 unspecified atom stereocenters. The van der Waals surface area contributed by atoms with Gasteiger partial charge in [0.15, 0.2) is 0 Å². The average Bonchev–Trinajstić information content (AvgIpc) is 2.60. The van der Waals surface area contributed by atoms with Crippen LogP contribution in [0, 0.1) is 0 Å². The number of nitrogens with zero attached hydrogens (tertiary/aromatic N) is 2. The van der Waals surface area contributed by atoms with Crippen molar-refractivity contribution in [3.05, 3.63) is 6.33 Å². The number of nitrogens with two attached hydrogens (primary N) is 1. The third-order valence-corrected chi connectivity index (χ3v) is 3.15. The Hall–Kier alpha value is -0.680. The van der Waals surface area contributed by atoms with Crippen LogP contribution in [0.15, 0.2) is 6.33 Å². The average molecular weight is 213 g/mol. The largest absolute Gasteiger partial charge is 0.464 e. The highest BCUT2D eigenvalue weighted by molar-refractivity contribution is 7.07. The van der Waals surface area contributed by atoms with Crippen LogP contribution in [-0.2, 0) is 0 Å². The lowest BCUT2D eigenvalue weighted by molar-refractivity contribution is 0.162. The summed E-state index contributed by atoms with van der Waals surface area (Å²) in [6.45, 7) is 0. The molecule has 1 fully saturated rings. The lowest BCUT2D eigenvalue weighted by atomic mass is 10.1. The molecule has 0 amide bonds. The van der Waals surface area contributed by atoms with Gasteiger partial charge >= 0.3 is 0 Å². The van der Waals surface area contributed by atoms with Gasteiger partial charge in [-0.3, -0.25) is 0 Å². The van der Waals surface area contributed by atoms with E-state index < -0.39 is 0 Å². The Labute approximate surface area is 87.7 Å². The van der Waals surface area contributed by atoms with Crippen molar-refractivity contribution < 1.29 is 4.74 Å². The van der Waals surface area contributed by atoms with Crippen molar-refractivity contribution in [2.75, 3.05) is 0 Å². The Morgan fingerprint density at radius 1 is 1.36 bits per heavy atom. The van der Waals surface area contributed by atoms with E-state index in [1.807, 2.05) is 0 Å². The Morgan fingerprint density at radius 3 is 3.00 bits per heavy atom. The van der Waals surface area contributed by atoms with Crippen LogP contribution in [0.1, 0.15) is 32.1 Å². The van der Waals surface area contributed by atoms with Crippen LogP contribution in [0.4, 0.5) is 0 Å². The third-order valence-electron chi connectivity index (χ3n) is 2.60. The third kappa shape index (κ3) is 2.42. The van der Waals surface area contributed by atoms with Gasteiger partial charge in [0, 0.05) is 17.6 Å². The van der Waals surface area contributed by atoms with Crippen LogP contribution in [0.5, 0.6) is 5.19 Å². The van der Waals surface area contributed by atoms with E-state index >= 15 is 0 Å². The highest BCUT2D eigenvalue weighted by Crippen LogP contribution is 2.22. The molecular weight excluding hydrogens is 198 g/mol. The van der Waals surface area contributed by atoms with Gasteiger partial charge in [-0.2, -0.15) is 9.36 Å². The molecule has 2 rings (SSSR count). The fraction of sp³-hybridized carbons (Fsp3) is 0.778. The molecule has 0 radical (unpaired) electrons. The van der Waals surface area contributed by atoms with E-state index in [1.165, 1.54) is 37.1 Å². The van der Waals surface area contributed by atoms with Crippen LogP contribution in [0.3, 0.4) is 0 Å². The maximum atomic E-state index is 6.03. The second kappa shape index (κ2) is 4.70. The van der Waals surface area contributed by atoms with Crippen molar-refractivity contribution in [3.8, 4) is 5.19 Å². The first-order valence-electron chi connectivity index (χ1n) is 5.05. The standard InChI is InChI=1S/C9H15N3OS/c10-7-4-2-1-3-5-8(7)13-9-11-6-12-14-9/h6-8H,1-5,10H2. The minimum Gasteiger partial charge on any atom is -0.464 e. The van der Waals surface area contributed by atoms with Crippen molar-refractivity contribution in [2.45, 2.75) is 44.2 Å². The van der Waals surface area contributed by atoms with Gasteiger partial charge in [0.05, 0.1) is 0 Å². The minimum absolute atomic E-state index is 0.130. The first-order valence-corrected chi connectivity index (χ1v) is 5.82. The van der Waals surface area contributed by atoms with Crippen molar-refractivity contribution in [3.63, 3.8) is 0 Å². The van der Waals surface area contributed by atoms with E-state index in [0.29, 0.717) is 5.19 Å². The van der Waals surface area contributed by atoms with Crippen molar-refractivity contribution in [1.82, 2.24) is 9.36 Å². The minimum atomic E-state index is 0.130. The van der Waals surface area contributed by atoms with E-state index in [4.69, 9.17) is 10.5 Å². The molecule has 4 nitrogen and oxygen atoms in total. The van der Waals surface area contributed by atoms with E-state index in [9.17, 15) is 0 Å². The van der Waals surface area contributed by atoms with Gasteiger partial charge in [0.1, 0.15) is 12.4 Å². The number of aromatic nitrogens is 2. The predicted octanol–water partition coefficient (Wildman–Crippen LogP) is 1.58. The molecule has 1 aliphatic rings. The summed E-state index contributed by atoms with van der Waals surface area (Å²) < 4.78 is 9.61. The van der Waals surface area contributed by atoms with E-state index in [0.717, 1.165) is 12.8 Å². The summed E-state index contributed by atoms with van der Waals surface area (Å²) in [5.41, 5.74) is 6.03. The molecule has 2 N–H and O–H groups in total. The summed E-state index contributed by atoms with van der Waals surface area (Å²) in [7, 11) is 0. The van der Waals surface area contributed by atoms with Crippen LogP contribution >= 0.6 is 11.5 Å². The molecule has 5 heteroatoms. The molecule has 14 heavy (non-hydrogen) atoms. The maximum Gasteiger partial charge on any atom is 0.293 e. The molecule has 2 atom stereocenters. The molecule has 1 aromatic heterocycles. The lowest BCUT2D eigenvalue weighted by Gasteiger charge is -2.20. The number of hydrogen-bond donors (Lipinski definition) is 1. The van der Waals surface area contributed by atoms with Crippen LogP contribution in [0.2, 0.25) is 0 Å². The maximum absolute atomic E-state index is 6.03. The zero-order valence-corrected chi connectivity index (χ0v) is 8.87. The zero-order chi connectivity index (χ0) is 9.80. The normalized spacial score (nSPS) is 28.4. The molecule has 0 spiro atoms. The summed E-state index contributed by atoms with van der Waals surface area (Å²) in [4.78, 5) is 4.01. The van der Waals surface area contributed by atoms with Gasteiger partial charge in [-0.15, -0.1) is 0 Å². The first kappa shape index (κ1) is 9.86. The van der Waals surface area contributed by atoms with Gasteiger partial charge in [-0.05, 0) is 19.3 Å². The van der Waals surface area contributed by atoms with Crippen LogP contribution < -0.4 is 10.5 Å². The summed E-state index contributed by atoms with van der Waals surface area (Å²) in [6, 6.07) is 0.154. The van der Waals surface area contributed by atoms with Gasteiger partial charge in [0.25, 0.3) is 5.19 Å². The number of hydrogen-bond acceptors (Lipinski definition) is 5. The summed E-state index contributed by atoms with van der Waals surface area (Å²) in [6.07, 6.45) is 7.44. The van der Waals surface area contributed by atoms with Crippen molar-refractivity contribution in [2.24, 2.45) is 5.73 Å². The summed E-state index contributed by atoms with van der Waals surface area (Å²) >= 11 is 1.29. The molecular formula is C9H15N3OS. The number of ether oxygens (including phenoxy) is 1. The van der Waals surface area contributed by atoms with Gasteiger partial charge in [-0.1, -0.05) is 12.8 Å². The molecule has 0 bridgehead atoms. The van der Waals surface area contributed by atoms with E-state index in [2.05, 4.69) is 9.36 Å². The van der Waals surface area contributed by atoms with E-state index in [1.54, 1.807) is 0 Å². The molecule has 1 heterocycles. The SMILES string of the molecule is NC1CCCCCC1Oc1ncns1. The van der Waals surface area contributed by atoms with Crippen LogP contribution in [-0.4, -0.2) is 21.5 Å². The highest BCUT2D eigenvalue weighted by atomic mass is 32.1. The molecule has 1 aromatic rings. The molecule has 78 valence electrons. The molecule has 0 saturated heterocycles. The molecule has 1 aliphatic carbocycles. The van der Waals surface area contributed by atoms with Crippen LogP contribution in [0.25, 0.3) is 0 Å². The second-order valence-corrected chi connectivity index (χ2v) is 4.41. The fourth-order valence-corrected chi connectivity index (χ4v) is 2.24. The van der Waals surface area contributed by atoms with Gasteiger partial charge < -0.3 is 10.5 Å². The number of rotatable bonds is 2. The lowest BCUT2D eigenvalue weighted by Crippen LogP contribution is -2.37. The summed E-state index contributed by atoms with van der Waals surface area (Å²) in [5, 5.41) is 0.646.